The lowest BCUT2D eigenvalue weighted by molar-refractivity contribution is -0.142. The Morgan fingerprint density at radius 2 is 1.86 bits per heavy atom. The highest BCUT2D eigenvalue weighted by Crippen LogP contribution is 2.43. The van der Waals surface area contributed by atoms with E-state index in [1.165, 1.54) is 16.4 Å². The maximum Gasteiger partial charge on any atom is 0.284 e. The lowest BCUT2D eigenvalue weighted by Gasteiger charge is -2.54. The Kier molecular flexibility index (Phi) is 11.2. The summed E-state index contributed by atoms with van der Waals surface area (Å²) in [7, 11) is 1.91. The predicted octanol–water partition coefficient (Wildman–Crippen LogP) is 3.83. The number of morpholine rings is 1. The van der Waals surface area contributed by atoms with Crippen LogP contribution in [-0.4, -0.2) is 121 Å². The second-order valence-electron chi connectivity index (χ2n) is 18.6. The molecule has 17 nitrogen and oxygen atoms in total. The molecule has 6 fully saturated rings. The van der Waals surface area contributed by atoms with Gasteiger partial charge in [-0.1, -0.05) is 18.2 Å². The van der Waals surface area contributed by atoms with E-state index in [-0.39, 0.29) is 64.3 Å². The van der Waals surface area contributed by atoms with Crippen LogP contribution in [0.1, 0.15) is 98.9 Å². The number of imide groups is 1. The Balaban J connectivity index is 0.697. The molecular formula is C45H54F2N12O5. The van der Waals surface area contributed by atoms with E-state index in [1.54, 1.807) is 12.3 Å². The summed E-state index contributed by atoms with van der Waals surface area (Å²) < 4.78 is 37.7. The van der Waals surface area contributed by atoms with Gasteiger partial charge in [-0.25, -0.2) is 18.7 Å². The number of para-hydroxylation sites is 1. The first-order valence-corrected chi connectivity index (χ1v) is 22.6. The summed E-state index contributed by atoms with van der Waals surface area (Å²) >= 11 is 0. The van der Waals surface area contributed by atoms with Gasteiger partial charge < -0.3 is 30.5 Å². The molecule has 4 aromatic rings. The van der Waals surface area contributed by atoms with Crippen molar-refractivity contribution in [2.45, 2.75) is 94.7 Å². The molecule has 338 valence electrons. The number of benzene rings is 1. The van der Waals surface area contributed by atoms with Crippen molar-refractivity contribution in [3.05, 3.63) is 65.6 Å². The van der Waals surface area contributed by atoms with E-state index in [1.807, 2.05) is 28.8 Å². The molecule has 19 heteroatoms. The Labute approximate surface area is 368 Å². The number of halogens is 2. The van der Waals surface area contributed by atoms with E-state index >= 15 is 0 Å². The molecule has 1 saturated carbocycles. The number of amides is 4. The molecule has 4 N–H and O–H groups in total. The number of carbonyl (C=O) groups excluding carboxylic acids is 4. The second kappa shape index (κ2) is 17.0. The van der Waals surface area contributed by atoms with Gasteiger partial charge in [-0.05, 0) is 74.8 Å². The van der Waals surface area contributed by atoms with Gasteiger partial charge in [0.2, 0.25) is 17.7 Å². The van der Waals surface area contributed by atoms with Crippen molar-refractivity contribution in [2.24, 2.45) is 24.1 Å². The summed E-state index contributed by atoms with van der Waals surface area (Å²) in [5.74, 6) is -0.900. The third-order valence-corrected chi connectivity index (χ3v) is 14.6. The minimum absolute atomic E-state index is 0.0489. The van der Waals surface area contributed by atoms with Crippen LogP contribution in [0.3, 0.4) is 0 Å². The SMILES string of the molecule is Cn1nc(C2CCC(=O)NC2=O)c2cccc(CCN3CC4(CCN(C(=O)C5CCC(n6cc(NC(=O)C(=CN)c7nccc(N8C[C@H]9C[C@@H]8CO9)n7)c(C(F)F)n6)CC5)CC4)C3)c21. The normalized spacial score (nSPS) is 25.9. The molecule has 5 saturated heterocycles. The van der Waals surface area contributed by atoms with Crippen LogP contribution in [0.2, 0.25) is 0 Å². The van der Waals surface area contributed by atoms with Crippen LogP contribution in [0.5, 0.6) is 0 Å². The first kappa shape index (κ1) is 42.1. The highest BCUT2D eigenvalue weighted by Gasteiger charge is 2.46. The fourth-order valence-electron chi connectivity index (χ4n) is 11.2. The van der Waals surface area contributed by atoms with Crippen molar-refractivity contribution in [2.75, 3.05) is 56.1 Å². The number of aryl methyl sites for hydroxylation is 1. The number of ether oxygens (including phenoxy) is 1. The van der Waals surface area contributed by atoms with Crippen LogP contribution in [0.15, 0.2) is 42.9 Å². The Hall–Kier alpha value is -5.82. The summed E-state index contributed by atoms with van der Waals surface area (Å²) in [6.07, 6.45) is 8.20. The molecule has 2 bridgehead atoms. The standard InChI is InChI=1S/C45H54F2N12O5/c1-55-39-26(3-2-4-31(39)37(53-55)32-9-10-36(60)52-42(32)61)12-16-56-24-45(25-56)13-17-57(18-14-45)44(63)27-5-7-28(8-6-27)59-22-34(38(54-59)40(46)47)50-43(62)33(20-48)41-49-15-11-35(51-41)58-21-30-19-29(58)23-64-30/h2-4,11,15,20,22,27-30,32,40H,5-10,12-14,16-19,21,23-25,48H2,1H3,(H,50,62)(H,52,60,61)/t27?,28?,29-,30-,32?/m1/s1. The van der Waals surface area contributed by atoms with Gasteiger partial charge >= 0.3 is 0 Å². The molecule has 1 spiro atoms. The molecular weight excluding hydrogens is 827 g/mol. The number of rotatable bonds is 11. The summed E-state index contributed by atoms with van der Waals surface area (Å²) in [6.45, 7) is 5.65. The van der Waals surface area contributed by atoms with Crippen molar-refractivity contribution in [3.8, 4) is 0 Å². The summed E-state index contributed by atoms with van der Waals surface area (Å²) in [5.41, 5.74) is 8.33. The number of nitrogens with one attached hydrogen (secondary N) is 2. The highest BCUT2D eigenvalue weighted by molar-refractivity contribution is 6.24. The first-order chi connectivity index (χ1) is 31.0. The van der Waals surface area contributed by atoms with Crippen LogP contribution in [-0.2, 0) is 37.4 Å². The maximum atomic E-state index is 14.3. The zero-order valence-corrected chi connectivity index (χ0v) is 35.9. The quantitative estimate of drug-likeness (QED) is 0.146. The van der Waals surface area contributed by atoms with Crippen LogP contribution < -0.4 is 21.3 Å². The molecule has 4 amide bonds. The number of alkyl halides is 2. The van der Waals surface area contributed by atoms with Gasteiger partial charge in [0.15, 0.2) is 11.5 Å². The number of fused-ring (bicyclic) bond motifs is 3. The Morgan fingerprint density at radius 1 is 1.06 bits per heavy atom. The number of carbonyl (C=O) groups is 4. The molecule has 10 rings (SSSR count). The summed E-state index contributed by atoms with van der Waals surface area (Å²) in [5, 5.41) is 15.0. The third kappa shape index (κ3) is 7.90. The predicted molar refractivity (Wildman–Crippen MR) is 231 cm³/mol. The largest absolute Gasteiger partial charge is 0.404 e. The fourth-order valence-corrected chi connectivity index (χ4v) is 11.2. The zero-order chi connectivity index (χ0) is 44.3. The van der Waals surface area contributed by atoms with E-state index in [0.717, 1.165) is 81.2 Å². The number of nitrogens with two attached hydrogens (primary N) is 1. The zero-order valence-electron chi connectivity index (χ0n) is 35.9. The van der Waals surface area contributed by atoms with Gasteiger partial charge in [-0.15, -0.1) is 0 Å². The topological polar surface area (TPSA) is 199 Å². The van der Waals surface area contributed by atoms with E-state index in [9.17, 15) is 28.0 Å². The van der Waals surface area contributed by atoms with E-state index in [4.69, 9.17) is 15.6 Å². The maximum absolute atomic E-state index is 14.3. The molecule has 0 radical (unpaired) electrons. The van der Waals surface area contributed by atoms with Gasteiger partial charge in [0.1, 0.15) is 5.82 Å². The first-order valence-electron chi connectivity index (χ1n) is 22.6. The summed E-state index contributed by atoms with van der Waals surface area (Å²) in [6, 6.07) is 7.93. The van der Waals surface area contributed by atoms with Gasteiger partial charge in [0.05, 0.1) is 53.2 Å². The molecule has 6 aliphatic rings. The van der Waals surface area contributed by atoms with Gasteiger partial charge in [0.25, 0.3) is 12.3 Å². The van der Waals surface area contributed by atoms with Crippen molar-refractivity contribution >= 4 is 51.6 Å². The van der Waals surface area contributed by atoms with E-state index in [0.29, 0.717) is 57.5 Å². The van der Waals surface area contributed by atoms with Crippen LogP contribution in [0, 0.1) is 11.3 Å². The molecule has 64 heavy (non-hydrogen) atoms. The number of likely N-dealkylation sites (tertiary alicyclic amines) is 2. The van der Waals surface area contributed by atoms with Crippen molar-refractivity contribution in [3.63, 3.8) is 0 Å². The monoisotopic (exact) mass is 880 g/mol. The second-order valence-corrected chi connectivity index (χ2v) is 18.6. The van der Waals surface area contributed by atoms with E-state index in [2.05, 4.69) is 41.6 Å². The average Bonchev–Trinajstić information content (AvgIpc) is 4.10. The molecule has 1 aromatic carbocycles. The van der Waals surface area contributed by atoms with Crippen LogP contribution >= 0.6 is 0 Å². The lowest BCUT2D eigenvalue weighted by Crippen LogP contribution is -2.61. The number of piperidine rings is 2. The van der Waals surface area contributed by atoms with E-state index < -0.39 is 23.9 Å². The molecule has 1 unspecified atom stereocenters. The smallest absolute Gasteiger partial charge is 0.284 e. The molecule has 8 heterocycles. The molecule has 3 aromatic heterocycles. The van der Waals surface area contributed by atoms with Crippen molar-refractivity contribution in [1.29, 1.82) is 0 Å². The van der Waals surface area contributed by atoms with Crippen molar-refractivity contribution in [1.82, 2.24) is 44.6 Å². The Morgan fingerprint density at radius 3 is 2.56 bits per heavy atom. The number of hydrogen-bond acceptors (Lipinski definition) is 12. The van der Waals surface area contributed by atoms with Gasteiger partial charge in [-0.3, -0.25) is 33.9 Å². The minimum atomic E-state index is -2.93. The number of nitrogens with zero attached hydrogens (tertiary/aromatic N) is 9. The third-order valence-electron chi connectivity index (χ3n) is 14.6. The van der Waals surface area contributed by atoms with Crippen LogP contribution in [0.25, 0.3) is 16.5 Å². The molecule has 3 atom stereocenters. The lowest BCUT2D eigenvalue weighted by atomic mass is 9.71. The fraction of sp³-hybridized carbons (Fsp3) is 0.556. The summed E-state index contributed by atoms with van der Waals surface area (Å²) in [4.78, 5) is 67.1. The molecule has 1 aliphatic carbocycles. The van der Waals surface area contributed by atoms with Gasteiger partial charge in [0, 0.05) is 82.6 Å². The number of anilines is 2. The van der Waals surface area contributed by atoms with Crippen molar-refractivity contribution < 1.29 is 32.7 Å². The number of hydrogen-bond donors (Lipinski definition) is 3. The highest BCUT2D eigenvalue weighted by atomic mass is 19.3. The minimum Gasteiger partial charge on any atom is -0.404 e. The average molecular weight is 881 g/mol. The number of aromatic nitrogens is 6. The Bertz CT molecular complexity index is 2500. The van der Waals surface area contributed by atoms with Gasteiger partial charge in [-0.2, -0.15) is 10.2 Å². The molecule has 5 aliphatic heterocycles. The van der Waals surface area contributed by atoms with Crippen LogP contribution in [0.4, 0.5) is 20.3 Å².